The van der Waals surface area contributed by atoms with Crippen LogP contribution in [-0.4, -0.2) is 39.1 Å². The second-order valence-electron chi connectivity index (χ2n) is 7.77. The minimum Gasteiger partial charge on any atom is -0.465 e. The fraction of sp³-hybridized carbons (Fsp3) is 0.273. The molecule has 2 aliphatic rings. The molecule has 2 amide bonds. The van der Waals surface area contributed by atoms with E-state index in [-0.39, 0.29) is 29.4 Å². The highest BCUT2D eigenvalue weighted by Gasteiger charge is 2.57. The molecule has 1 aromatic carbocycles. The lowest BCUT2D eigenvalue weighted by Crippen LogP contribution is -2.32. The number of non-ortho nitro benzene ring substituents is 1. The summed E-state index contributed by atoms with van der Waals surface area (Å²) in [6.07, 6.45) is 0. The minimum atomic E-state index is -0.820. The molecule has 0 radical (unpaired) electrons. The first-order valence-electron chi connectivity index (χ1n) is 10.5. The van der Waals surface area contributed by atoms with Crippen molar-refractivity contribution >= 4 is 63.6 Å². The number of ether oxygens (including phenoxy) is 1. The molecule has 5 rings (SSSR count). The van der Waals surface area contributed by atoms with Crippen LogP contribution in [0, 0.1) is 16.0 Å². The van der Waals surface area contributed by atoms with E-state index in [9.17, 15) is 29.3 Å². The van der Waals surface area contributed by atoms with Crippen LogP contribution >= 0.6 is 34.4 Å². The van der Waals surface area contributed by atoms with Crippen LogP contribution in [0.2, 0.25) is 0 Å². The van der Waals surface area contributed by atoms with Crippen LogP contribution in [0.25, 0.3) is 0 Å². The number of nitrogens with zero attached hydrogens (tertiary/aromatic N) is 3. The van der Waals surface area contributed by atoms with Crippen molar-refractivity contribution in [1.29, 1.82) is 0 Å². The summed E-state index contributed by atoms with van der Waals surface area (Å²) in [5.74, 6) is -2.75. The van der Waals surface area contributed by atoms with Gasteiger partial charge in [0, 0.05) is 27.8 Å². The molecule has 3 unspecified atom stereocenters. The van der Waals surface area contributed by atoms with Crippen molar-refractivity contribution < 1.29 is 24.0 Å². The SMILES string of the molecule is CCOC(=O)Cn1c2c(sc1=O)C(c1cccs1)C1C(=O)N(c3ccc([N+](=O)[O-])cc3)C(=O)C1S2. The lowest BCUT2D eigenvalue weighted by molar-refractivity contribution is -0.384. The number of thiazole rings is 1. The van der Waals surface area contributed by atoms with Crippen LogP contribution in [0.15, 0.2) is 51.6 Å². The van der Waals surface area contributed by atoms with E-state index in [4.69, 9.17) is 4.74 Å². The zero-order chi connectivity index (χ0) is 24.9. The van der Waals surface area contributed by atoms with E-state index in [2.05, 4.69) is 0 Å². The molecular weight excluding hydrogens is 514 g/mol. The standard InChI is InChI=1S/C22H17N3O7S3/c1-2-32-14(26)10-23-21-18(35-22(23)29)15(13-4-3-9-33-13)16-17(34-21)20(28)24(19(16)27)11-5-7-12(8-6-11)25(30)31/h3-9,15-17H,2,10H2,1H3. The van der Waals surface area contributed by atoms with Gasteiger partial charge < -0.3 is 4.74 Å². The van der Waals surface area contributed by atoms with Gasteiger partial charge >= 0.3 is 10.8 Å². The van der Waals surface area contributed by atoms with Gasteiger partial charge in [-0.2, -0.15) is 0 Å². The Morgan fingerprint density at radius 1 is 1.14 bits per heavy atom. The van der Waals surface area contributed by atoms with Crippen molar-refractivity contribution in [2.24, 2.45) is 5.92 Å². The maximum atomic E-state index is 13.6. The van der Waals surface area contributed by atoms with E-state index in [1.54, 1.807) is 6.92 Å². The normalized spacial score (nSPS) is 21.1. The number of hydrogen-bond acceptors (Lipinski definition) is 10. The molecule has 180 valence electrons. The molecule has 0 spiro atoms. The number of anilines is 1. The lowest BCUT2D eigenvalue weighted by Gasteiger charge is -2.29. The van der Waals surface area contributed by atoms with Gasteiger partial charge in [-0.25, -0.2) is 4.90 Å². The highest BCUT2D eigenvalue weighted by atomic mass is 32.2. The summed E-state index contributed by atoms with van der Waals surface area (Å²) in [5, 5.41) is 12.5. The van der Waals surface area contributed by atoms with E-state index in [0.29, 0.717) is 9.90 Å². The summed E-state index contributed by atoms with van der Waals surface area (Å²) in [6.45, 7) is 1.56. The smallest absolute Gasteiger partial charge is 0.326 e. The summed E-state index contributed by atoms with van der Waals surface area (Å²) in [4.78, 5) is 64.8. The number of hydrogen-bond donors (Lipinski definition) is 0. The first-order valence-corrected chi connectivity index (χ1v) is 13.1. The van der Waals surface area contributed by atoms with Crippen molar-refractivity contribution in [3.63, 3.8) is 0 Å². The molecule has 1 fully saturated rings. The molecule has 0 saturated carbocycles. The zero-order valence-electron chi connectivity index (χ0n) is 18.1. The van der Waals surface area contributed by atoms with E-state index in [1.165, 1.54) is 40.2 Å². The predicted octanol–water partition coefficient (Wildman–Crippen LogP) is 3.24. The van der Waals surface area contributed by atoms with Crippen LogP contribution in [-0.2, 0) is 25.7 Å². The Hall–Kier alpha value is -3.29. The molecule has 3 aromatic rings. The number of aromatic nitrogens is 1. The number of imide groups is 1. The zero-order valence-corrected chi connectivity index (χ0v) is 20.6. The van der Waals surface area contributed by atoms with E-state index >= 15 is 0 Å². The third-order valence-electron chi connectivity index (χ3n) is 5.81. The first-order chi connectivity index (χ1) is 16.8. The Bertz CT molecular complexity index is 1390. The van der Waals surface area contributed by atoms with Crippen molar-refractivity contribution in [2.75, 3.05) is 11.5 Å². The Morgan fingerprint density at radius 3 is 2.51 bits per heavy atom. The van der Waals surface area contributed by atoms with Crippen LogP contribution in [0.3, 0.4) is 0 Å². The number of benzene rings is 1. The van der Waals surface area contributed by atoms with E-state index < -0.39 is 39.8 Å². The number of esters is 1. The third-order valence-corrected chi connectivity index (χ3v) is 9.37. The topological polar surface area (TPSA) is 129 Å². The lowest BCUT2D eigenvalue weighted by atomic mass is 9.87. The Balaban J connectivity index is 1.59. The fourth-order valence-electron chi connectivity index (χ4n) is 4.34. The van der Waals surface area contributed by atoms with Gasteiger partial charge in [-0.3, -0.25) is 33.9 Å². The maximum absolute atomic E-state index is 13.6. The molecule has 2 aromatic heterocycles. The van der Waals surface area contributed by atoms with Crippen molar-refractivity contribution in [1.82, 2.24) is 4.57 Å². The molecule has 1 saturated heterocycles. The van der Waals surface area contributed by atoms with Gasteiger partial charge in [0.1, 0.15) is 11.8 Å². The van der Waals surface area contributed by atoms with Gasteiger partial charge in [-0.15, -0.1) is 11.3 Å². The summed E-state index contributed by atoms with van der Waals surface area (Å²) >= 11 is 3.49. The Morgan fingerprint density at radius 2 is 1.89 bits per heavy atom. The van der Waals surface area contributed by atoms with Crippen LogP contribution in [0.5, 0.6) is 0 Å². The molecule has 3 atom stereocenters. The van der Waals surface area contributed by atoms with Gasteiger partial charge in [0.05, 0.1) is 28.2 Å². The predicted molar refractivity (Wildman–Crippen MR) is 130 cm³/mol. The number of carbonyl (C=O) groups excluding carboxylic acids is 3. The number of nitro groups is 1. The number of thiophene rings is 1. The molecule has 2 aliphatic heterocycles. The second-order valence-corrected chi connectivity index (χ2v) is 10.9. The second kappa shape index (κ2) is 9.06. The van der Waals surface area contributed by atoms with Gasteiger partial charge in [0.15, 0.2) is 0 Å². The molecule has 35 heavy (non-hydrogen) atoms. The molecular formula is C22H17N3O7S3. The molecule has 0 aliphatic carbocycles. The first kappa shape index (κ1) is 23.5. The van der Waals surface area contributed by atoms with E-state index in [0.717, 1.165) is 32.9 Å². The van der Waals surface area contributed by atoms with Crippen molar-refractivity contribution in [3.05, 3.63) is 71.3 Å². The van der Waals surface area contributed by atoms with Crippen molar-refractivity contribution in [3.8, 4) is 0 Å². The number of fused-ring (bicyclic) bond motifs is 2. The highest BCUT2D eigenvalue weighted by Crippen LogP contribution is 2.54. The largest absolute Gasteiger partial charge is 0.465 e. The Labute approximate surface area is 210 Å². The number of rotatable bonds is 6. The molecule has 4 heterocycles. The number of carbonyl (C=O) groups is 3. The van der Waals surface area contributed by atoms with Gasteiger partial charge in [0.25, 0.3) is 5.69 Å². The molecule has 0 bridgehead atoms. The quantitative estimate of drug-likeness (QED) is 0.205. The van der Waals surface area contributed by atoms with E-state index in [1.807, 2.05) is 17.5 Å². The van der Waals surface area contributed by atoms with Gasteiger partial charge in [-0.1, -0.05) is 29.2 Å². The number of amides is 2. The Kier molecular flexibility index (Phi) is 6.07. The van der Waals surface area contributed by atoms with Crippen LogP contribution < -0.4 is 9.77 Å². The number of thioether (sulfide) groups is 1. The highest BCUT2D eigenvalue weighted by molar-refractivity contribution is 8.00. The average Bonchev–Trinajstić information content (AvgIpc) is 3.52. The third kappa shape index (κ3) is 3.89. The summed E-state index contributed by atoms with van der Waals surface area (Å²) in [6, 6.07) is 8.94. The van der Waals surface area contributed by atoms with Crippen LogP contribution in [0.1, 0.15) is 22.6 Å². The van der Waals surface area contributed by atoms with Gasteiger partial charge in [-0.05, 0) is 30.5 Å². The van der Waals surface area contributed by atoms with Crippen molar-refractivity contribution in [2.45, 2.75) is 29.7 Å². The molecule has 0 N–H and O–H groups in total. The monoisotopic (exact) mass is 531 g/mol. The maximum Gasteiger partial charge on any atom is 0.326 e. The fourth-order valence-corrected chi connectivity index (χ4v) is 8.06. The molecule has 10 nitrogen and oxygen atoms in total. The molecule has 13 heteroatoms. The number of nitro benzene ring substituents is 1. The summed E-state index contributed by atoms with van der Waals surface area (Å²) in [5.41, 5.74) is 0.0964. The van der Waals surface area contributed by atoms with Crippen LogP contribution in [0.4, 0.5) is 11.4 Å². The minimum absolute atomic E-state index is 0.152. The summed E-state index contributed by atoms with van der Waals surface area (Å²) in [7, 11) is 0. The van der Waals surface area contributed by atoms with Gasteiger partial charge in [0.2, 0.25) is 11.8 Å². The average molecular weight is 532 g/mol. The summed E-state index contributed by atoms with van der Waals surface area (Å²) < 4.78 is 6.32.